The van der Waals surface area contributed by atoms with Gasteiger partial charge in [0.25, 0.3) is 0 Å². The molecule has 0 saturated carbocycles. The molecule has 3 aromatic rings. The molecule has 1 unspecified atom stereocenters. The molecule has 1 fully saturated rings. The SMILES string of the molecule is CCNC(=NCCc1nnc2ccccn12)NC1CCN(c2ncccc2F)C1.I. The van der Waals surface area contributed by atoms with Gasteiger partial charge in [-0.1, -0.05) is 6.07 Å². The van der Waals surface area contributed by atoms with Gasteiger partial charge in [0.2, 0.25) is 0 Å². The van der Waals surface area contributed by atoms with E-state index in [9.17, 15) is 4.39 Å². The molecule has 4 heterocycles. The standard InChI is InChI=1S/C20H25FN8.HI/c1-2-22-20(24-11-8-18-27-26-17-7-3-4-12-29(17)18)25-15-9-13-28(14-15)19-16(21)6-5-10-23-19;/h3-7,10,12,15H,2,8-9,11,13-14H2,1H3,(H2,22,24,25);1H. The number of pyridine rings is 2. The fraction of sp³-hybridized carbons (Fsp3) is 0.400. The summed E-state index contributed by atoms with van der Waals surface area (Å²) in [5.41, 5.74) is 0.837. The molecule has 1 saturated heterocycles. The molecule has 0 spiro atoms. The Labute approximate surface area is 192 Å². The minimum absolute atomic E-state index is 0. The van der Waals surface area contributed by atoms with E-state index in [4.69, 9.17) is 0 Å². The molecule has 1 atom stereocenters. The molecule has 0 bridgehead atoms. The molecule has 0 aliphatic carbocycles. The van der Waals surface area contributed by atoms with E-state index in [0.717, 1.165) is 36.9 Å². The van der Waals surface area contributed by atoms with Crippen LogP contribution >= 0.6 is 24.0 Å². The van der Waals surface area contributed by atoms with Crippen LogP contribution in [0.3, 0.4) is 0 Å². The van der Waals surface area contributed by atoms with Gasteiger partial charge in [-0.05, 0) is 37.6 Å². The van der Waals surface area contributed by atoms with E-state index in [0.29, 0.717) is 25.3 Å². The number of aliphatic imine (C=N–C) groups is 1. The Morgan fingerprint density at radius 2 is 2.17 bits per heavy atom. The topological polar surface area (TPSA) is 82.7 Å². The lowest BCUT2D eigenvalue weighted by atomic mass is 10.3. The lowest BCUT2D eigenvalue weighted by Gasteiger charge is -2.19. The van der Waals surface area contributed by atoms with Gasteiger partial charge in [-0.15, -0.1) is 34.2 Å². The van der Waals surface area contributed by atoms with Crippen molar-refractivity contribution in [2.75, 3.05) is 31.1 Å². The van der Waals surface area contributed by atoms with Crippen molar-refractivity contribution in [2.24, 2.45) is 4.99 Å². The van der Waals surface area contributed by atoms with Gasteiger partial charge in [0, 0.05) is 51.0 Å². The normalized spacial score (nSPS) is 16.5. The van der Waals surface area contributed by atoms with Crippen molar-refractivity contribution >= 4 is 41.4 Å². The Balaban J connectivity index is 0.00000256. The maximum atomic E-state index is 14.0. The summed E-state index contributed by atoms with van der Waals surface area (Å²) in [6.07, 6.45) is 5.17. The van der Waals surface area contributed by atoms with Crippen molar-refractivity contribution in [2.45, 2.75) is 25.8 Å². The summed E-state index contributed by atoms with van der Waals surface area (Å²) in [5.74, 6) is 1.78. The number of nitrogens with one attached hydrogen (secondary N) is 2. The average Bonchev–Trinajstić information content (AvgIpc) is 3.36. The second-order valence-electron chi connectivity index (χ2n) is 6.94. The van der Waals surface area contributed by atoms with Crippen molar-refractivity contribution in [3.05, 3.63) is 54.4 Å². The van der Waals surface area contributed by atoms with E-state index in [1.54, 1.807) is 12.3 Å². The molecule has 1 aliphatic heterocycles. The van der Waals surface area contributed by atoms with Crippen LogP contribution in [0.2, 0.25) is 0 Å². The minimum Gasteiger partial charge on any atom is -0.357 e. The van der Waals surface area contributed by atoms with Crippen LogP contribution in [0.5, 0.6) is 0 Å². The fourth-order valence-corrected chi connectivity index (χ4v) is 3.52. The number of hydrogen-bond donors (Lipinski definition) is 2. The molecule has 30 heavy (non-hydrogen) atoms. The lowest BCUT2D eigenvalue weighted by molar-refractivity contribution is 0.612. The largest absolute Gasteiger partial charge is 0.357 e. The second kappa shape index (κ2) is 10.5. The van der Waals surface area contributed by atoms with Crippen LogP contribution in [-0.4, -0.2) is 57.8 Å². The molecule has 10 heteroatoms. The summed E-state index contributed by atoms with van der Waals surface area (Å²) in [5, 5.41) is 15.2. The molecule has 0 amide bonds. The zero-order valence-corrected chi connectivity index (χ0v) is 19.2. The van der Waals surface area contributed by atoms with E-state index in [1.807, 2.05) is 40.6 Å². The van der Waals surface area contributed by atoms with Gasteiger partial charge in [-0.25, -0.2) is 9.37 Å². The maximum Gasteiger partial charge on any atom is 0.191 e. The summed E-state index contributed by atoms with van der Waals surface area (Å²) in [6, 6.07) is 9.08. The first-order chi connectivity index (χ1) is 14.2. The van der Waals surface area contributed by atoms with E-state index in [2.05, 4.69) is 30.8 Å². The van der Waals surface area contributed by atoms with Gasteiger partial charge < -0.3 is 15.5 Å². The highest BCUT2D eigenvalue weighted by Crippen LogP contribution is 2.20. The van der Waals surface area contributed by atoms with E-state index >= 15 is 0 Å². The van der Waals surface area contributed by atoms with Gasteiger partial charge in [0.05, 0.1) is 0 Å². The predicted molar refractivity (Wildman–Crippen MR) is 126 cm³/mol. The quantitative estimate of drug-likeness (QED) is 0.293. The summed E-state index contributed by atoms with van der Waals surface area (Å²) in [4.78, 5) is 10.8. The number of aromatic nitrogens is 4. The Hall–Kier alpha value is -2.50. The molecule has 160 valence electrons. The molecular weight excluding hydrogens is 498 g/mol. The number of anilines is 1. The highest BCUT2D eigenvalue weighted by Gasteiger charge is 2.25. The highest BCUT2D eigenvalue weighted by molar-refractivity contribution is 14.0. The van der Waals surface area contributed by atoms with Gasteiger partial charge in [-0.3, -0.25) is 9.39 Å². The van der Waals surface area contributed by atoms with Crippen LogP contribution in [0.25, 0.3) is 5.65 Å². The molecule has 0 aromatic carbocycles. The monoisotopic (exact) mass is 524 g/mol. The van der Waals surface area contributed by atoms with Crippen molar-refractivity contribution in [3.8, 4) is 0 Å². The minimum atomic E-state index is -0.283. The van der Waals surface area contributed by atoms with Crippen LogP contribution in [0.1, 0.15) is 19.2 Å². The van der Waals surface area contributed by atoms with E-state index < -0.39 is 0 Å². The van der Waals surface area contributed by atoms with Crippen LogP contribution in [-0.2, 0) is 6.42 Å². The van der Waals surface area contributed by atoms with Crippen LogP contribution < -0.4 is 15.5 Å². The molecular formula is C20H26FIN8. The molecule has 0 radical (unpaired) electrons. The van der Waals surface area contributed by atoms with Crippen LogP contribution in [0.15, 0.2) is 47.7 Å². The number of guanidine groups is 1. The zero-order valence-electron chi connectivity index (χ0n) is 16.8. The third-order valence-corrected chi connectivity index (χ3v) is 4.90. The second-order valence-corrected chi connectivity index (χ2v) is 6.94. The first-order valence-corrected chi connectivity index (χ1v) is 9.93. The summed E-state index contributed by atoms with van der Waals surface area (Å²) >= 11 is 0. The number of fused-ring (bicyclic) bond motifs is 1. The highest BCUT2D eigenvalue weighted by atomic mass is 127. The van der Waals surface area contributed by atoms with Gasteiger partial charge in [0.1, 0.15) is 5.82 Å². The average molecular weight is 524 g/mol. The van der Waals surface area contributed by atoms with Gasteiger partial charge in [-0.2, -0.15) is 0 Å². The zero-order chi connectivity index (χ0) is 20.1. The number of nitrogens with zero attached hydrogens (tertiary/aromatic N) is 6. The van der Waals surface area contributed by atoms with Crippen molar-refractivity contribution < 1.29 is 4.39 Å². The van der Waals surface area contributed by atoms with Gasteiger partial charge >= 0.3 is 0 Å². The molecule has 8 nitrogen and oxygen atoms in total. The van der Waals surface area contributed by atoms with Crippen molar-refractivity contribution in [1.29, 1.82) is 0 Å². The predicted octanol–water partition coefficient (Wildman–Crippen LogP) is 2.26. The fourth-order valence-electron chi connectivity index (χ4n) is 3.52. The number of hydrogen-bond acceptors (Lipinski definition) is 5. The number of rotatable bonds is 6. The van der Waals surface area contributed by atoms with Crippen molar-refractivity contribution in [1.82, 2.24) is 30.2 Å². The first kappa shape index (κ1) is 22.2. The molecule has 1 aliphatic rings. The van der Waals surface area contributed by atoms with Crippen molar-refractivity contribution in [3.63, 3.8) is 0 Å². The third-order valence-electron chi connectivity index (χ3n) is 4.90. The molecule has 3 aromatic heterocycles. The number of halogens is 2. The van der Waals surface area contributed by atoms with Gasteiger partial charge in [0.15, 0.2) is 23.2 Å². The maximum absolute atomic E-state index is 14.0. The van der Waals surface area contributed by atoms with Crippen LogP contribution in [0, 0.1) is 5.82 Å². The Bertz CT molecular complexity index is 992. The summed E-state index contributed by atoms with van der Waals surface area (Å²) < 4.78 is 16.0. The summed E-state index contributed by atoms with van der Waals surface area (Å²) in [6.45, 7) is 4.85. The molecule has 2 N–H and O–H groups in total. The Morgan fingerprint density at radius 3 is 3.00 bits per heavy atom. The lowest BCUT2D eigenvalue weighted by Crippen LogP contribution is -2.44. The Kier molecular flexibility index (Phi) is 7.77. The Morgan fingerprint density at radius 1 is 1.27 bits per heavy atom. The summed E-state index contributed by atoms with van der Waals surface area (Å²) in [7, 11) is 0. The smallest absolute Gasteiger partial charge is 0.191 e. The molecule has 4 rings (SSSR count). The van der Waals surface area contributed by atoms with Crippen LogP contribution in [0.4, 0.5) is 10.2 Å². The first-order valence-electron chi connectivity index (χ1n) is 9.93. The van der Waals surface area contributed by atoms with E-state index in [1.165, 1.54) is 6.07 Å². The van der Waals surface area contributed by atoms with E-state index in [-0.39, 0.29) is 35.8 Å². The third kappa shape index (κ3) is 5.15.